The largest absolute Gasteiger partial charge is 0.493 e. The van der Waals surface area contributed by atoms with Crippen LogP contribution in [0, 0.1) is 0 Å². The van der Waals surface area contributed by atoms with E-state index in [-0.39, 0.29) is 31.0 Å². The summed E-state index contributed by atoms with van der Waals surface area (Å²) in [6.07, 6.45) is 0.782. The molecule has 3 heterocycles. The number of hydrogen-bond acceptors (Lipinski definition) is 10. The third-order valence-electron chi connectivity index (χ3n) is 5.91. The van der Waals surface area contributed by atoms with E-state index >= 15 is 0 Å². The average Bonchev–Trinajstić information content (AvgIpc) is 3.44. The molecule has 1 aromatic carbocycles. The zero-order valence-electron chi connectivity index (χ0n) is 21.5. The number of ether oxygens (including phenoxy) is 3. The Labute approximate surface area is 222 Å². The lowest BCUT2D eigenvalue weighted by Crippen LogP contribution is -2.49. The van der Waals surface area contributed by atoms with Gasteiger partial charge in [0.25, 0.3) is 5.91 Å². The minimum atomic E-state index is -0.711. The predicted octanol–water partition coefficient (Wildman–Crippen LogP) is 2.36. The summed E-state index contributed by atoms with van der Waals surface area (Å²) in [7, 11) is 3.13. The van der Waals surface area contributed by atoms with E-state index in [1.165, 1.54) is 6.26 Å². The van der Waals surface area contributed by atoms with Crippen LogP contribution in [-0.4, -0.2) is 91.6 Å². The number of nitrogens with zero attached hydrogens (tertiary/aromatic N) is 4. The summed E-state index contributed by atoms with van der Waals surface area (Å²) in [6, 6.07) is 7.16. The predicted molar refractivity (Wildman–Crippen MR) is 141 cm³/mol. The normalized spacial score (nSPS) is 14.4. The van der Waals surface area contributed by atoms with Gasteiger partial charge in [-0.3, -0.25) is 4.79 Å². The number of halogens is 1. The molecule has 0 aliphatic carbocycles. The van der Waals surface area contributed by atoms with Gasteiger partial charge in [-0.05, 0) is 18.2 Å². The number of aliphatic hydroxyl groups is 1. The third kappa shape index (κ3) is 6.73. The van der Waals surface area contributed by atoms with E-state index in [1.807, 2.05) is 18.7 Å². The number of benzene rings is 1. The summed E-state index contributed by atoms with van der Waals surface area (Å²) >= 11 is 0. The van der Waals surface area contributed by atoms with Crippen LogP contribution in [0.1, 0.15) is 24.4 Å². The van der Waals surface area contributed by atoms with Gasteiger partial charge < -0.3 is 38.9 Å². The number of anilines is 1. The van der Waals surface area contributed by atoms with Crippen LogP contribution < -0.4 is 24.4 Å². The Morgan fingerprint density at radius 1 is 1.14 bits per heavy atom. The monoisotopic (exact) mass is 535 g/mol. The van der Waals surface area contributed by atoms with Gasteiger partial charge in [0.15, 0.2) is 17.3 Å². The van der Waals surface area contributed by atoms with Gasteiger partial charge in [0.05, 0.1) is 31.4 Å². The van der Waals surface area contributed by atoms with Crippen LogP contribution in [-0.2, 0) is 0 Å². The molecule has 1 saturated heterocycles. The quantitative estimate of drug-likeness (QED) is 0.400. The van der Waals surface area contributed by atoms with Crippen molar-refractivity contribution in [2.45, 2.75) is 26.0 Å². The Kier molecular flexibility index (Phi) is 9.79. The second-order valence-electron chi connectivity index (χ2n) is 8.84. The van der Waals surface area contributed by atoms with E-state index in [0.717, 1.165) is 0 Å². The van der Waals surface area contributed by atoms with Gasteiger partial charge in [0.1, 0.15) is 12.7 Å². The Morgan fingerprint density at radius 2 is 1.84 bits per heavy atom. The number of amides is 1. The van der Waals surface area contributed by atoms with E-state index < -0.39 is 6.10 Å². The minimum absolute atomic E-state index is 0. The number of aliphatic hydroxyl groups excluding tert-OH is 1. The van der Waals surface area contributed by atoms with E-state index in [1.54, 1.807) is 43.4 Å². The molecule has 202 valence electrons. The number of methoxy groups -OCH3 is 2. The Hall–Kier alpha value is -3.28. The molecule has 0 saturated carbocycles. The maximum Gasteiger partial charge on any atom is 0.289 e. The second kappa shape index (κ2) is 12.8. The van der Waals surface area contributed by atoms with Gasteiger partial charge in [-0.1, -0.05) is 13.8 Å². The summed E-state index contributed by atoms with van der Waals surface area (Å²) in [5, 5.41) is 14.2. The van der Waals surface area contributed by atoms with Gasteiger partial charge in [0, 0.05) is 44.8 Å². The van der Waals surface area contributed by atoms with Crippen molar-refractivity contribution in [2.75, 3.05) is 58.5 Å². The topological polar surface area (TPSA) is 122 Å². The molecule has 1 aliphatic rings. The highest BCUT2D eigenvalue weighted by Gasteiger charge is 2.26. The molecular formula is C25H34ClN5O6. The first kappa shape index (κ1) is 28.3. The summed E-state index contributed by atoms with van der Waals surface area (Å²) < 4.78 is 22.1. The fraction of sp³-hybridized carbons (Fsp3) is 0.480. The lowest BCUT2D eigenvalue weighted by molar-refractivity contribution is 0.0714. The summed E-state index contributed by atoms with van der Waals surface area (Å²) in [5.74, 6) is 2.07. The highest BCUT2D eigenvalue weighted by Crippen LogP contribution is 2.36. The molecule has 4 rings (SSSR count). The lowest BCUT2D eigenvalue weighted by atomic mass is 10.2. The minimum Gasteiger partial charge on any atom is -0.493 e. The molecule has 2 aromatic heterocycles. The number of carbonyl (C=O) groups excluding carboxylic acids is 1. The Balaban J connectivity index is 0.00000380. The molecule has 1 amide bonds. The molecule has 1 unspecified atom stereocenters. The van der Waals surface area contributed by atoms with Crippen molar-refractivity contribution in [3.63, 3.8) is 0 Å². The Bertz CT molecular complexity index is 1170. The van der Waals surface area contributed by atoms with Crippen LogP contribution in [0.5, 0.6) is 17.4 Å². The molecule has 12 heteroatoms. The maximum absolute atomic E-state index is 12.6. The molecule has 3 aromatic rings. The van der Waals surface area contributed by atoms with Crippen LogP contribution in [0.25, 0.3) is 10.9 Å². The molecule has 1 atom stereocenters. The van der Waals surface area contributed by atoms with Gasteiger partial charge >= 0.3 is 0 Å². The molecule has 0 spiro atoms. The number of piperazine rings is 1. The standard InChI is InChI=1S/C25H33N5O6.ClH/c1-16(2)26-14-17(31)15-36-23-18-12-21(33-3)22(34-4)13-19(18)27-25(28-23)30-9-7-29(8-10-30)24(32)20-6-5-11-35-20;/h5-6,11-13,16-17,26,31H,7-10,14-15H2,1-4H3;1H. The first-order valence-electron chi connectivity index (χ1n) is 11.9. The van der Waals surface area contributed by atoms with Gasteiger partial charge in [-0.15, -0.1) is 12.4 Å². The molecule has 0 bridgehead atoms. The van der Waals surface area contributed by atoms with Crippen LogP contribution in [0.4, 0.5) is 5.95 Å². The highest BCUT2D eigenvalue weighted by atomic mass is 35.5. The maximum atomic E-state index is 12.6. The molecule has 2 N–H and O–H groups in total. The van der Waals surface area contributed by atoms with E-state index in [2.05, 4.69) is 10.3 Å². The summed E-state index contributed by atoms with van der Waals surface area (Å²) in [5.41, 5.74) is 0.622. The number of fused-ring (bicyclic) bond motifs is 1. The fourth-order valence-electron chi connectivity index (χ4n) is 3.94. The lowest BCUT2D eigenvalue weighted by Gasteiger charge is -2.34. The average molecular weight is 536 g/mol. The van der Waals surface area contributed by atoms with Crippen molar-refractivity contribution in [1.29, 1.82) is 0 Å². The van der Waals surface area contributed by atoms with Crippen LogP contribution in [0.15, 0.2) is 34.9 Å². The zero-order chi connectivity index (χ0) is 25.7. The van der Waals surface area contributed by atoms with Gasteiger partial charge in [-0.2, -0.15) is 4.98 Å². The SMILES string of the molecule is COc1cc2nc(N3CCN(C(=O)c4ccco4)CC3)nc(OCC(O)CNC(C)C)c2cc1OC.Cl. The van der Waals surface area contributed by atoms with Crippen molar-refractivity contribution >= 4 is 35.2 Å². The van der Waals surface area contributed by atoms with Crippen molar-refractivity contribution < 1.29 is 28.5 Å². The van der Waals surface area contributed by atoms with Crippen molar-refractivity contribution in [1.82, 2.24) is 20.2 Å². The number of aromatic nitrogens is 2. The van der Waals surface area contributed by atoms with E-state index in [9.17, 15) is 9.90 Å². The fourth-order valence-corrected chi connectivity index (χ4v) is 3.94. The van der Waals surface area contributed by atoms with Crippen molar-refractivity contribution in [3.8, 4) is 17.4 Å². The number of furan rings is 1. The van der Waals surface area contributed by atoms with Crippen molar-refractivity contribution in [3.05, 3.63) is 36.3 Å². The number of carbonyl (C=O) groups is 1. The smallest absolute Gasteiger partial charge is 0.289 e. The third-order valence-corrected chi connectivity index (χ3v) is 5.91. The van der Waals surface area contributed by atoms with Crippen molar-refractivity contribution in [2.24, 2.45) is 0 Å². The van der Waals surface area contributed by atoms with Crippen LogP contribution in [0.2, 0.25) is 0 Å². The zero-order valence-corrected chi connectivity index (χ0v) is 22.3. The van der Waals surface area contributed by atoms with Crippen LogP contribution >= 0.6 is 12.4 Å². The molecular weight excluding hydrogens is 502 g/mol. The number of hydrogen-bond donors (Lipinski definition) is 2. The Morgan fingerprint density at radius 3 is 2.46 bits per heavy atom. The number of rotatable bonds is 10. The molecule has 0 radical (unpaired) electrons. The number of nitrogens with one attached hydrogen (secondary N) is 1. The summed E-state index contributed by atoms with van der Waals surface area (Å²) in [6.45, 7) is 6.59. The first-order valence-corrected chi connectivity index (χ1v) is 11.9. The molecule has 1 fully saturated rings. The van der Waals surface area contributed by atoms with E-state index in [4.69, 9.17) is 23.6 Å². The molecule has 37 heavy (non-hydrogen) atoms. The van der Waals surface area contributed by atoms with E-state index in [0.29, 0.717) is 72.7 Å². The second-order valence-corrected chi connectivity index (χ2v) is 8.84. The molecule has 1 aliphatic heterocycles. The highest BCUT2D eigenvalue weighted by molar-refractivity contribution is 5.91. The van der Waals surface area contributed by atoms with Crippen LogP contribution in [0.3, 0.4) is 0 Å². The molecule has 11 nitrogen and oxygen atoms in total. The summed E-state index contributed by atoms with van der Waals surface area (Å²) in [4.78, 5) is 25.8. The van der Waals surface area contributed by atoms with Gasteiger partial charge in [0.2, 0.25) is 11.8 Å². The first-order chi connectivity index (χ1) is 17.4. The van der Waals surface area contributed by atoms with Gasteiger partial charge in [-0.25, -0.2) is 4.98 Å².